The van der Waals surface area contributed by atoms with Crippen molar-refractivity contribution in [3.05, 3.63) is 58.8 Å². The first-order valence-electron chi connectivity index (χ1n) is 6.94. The van der Waals surface area contributed by atoms with Gasteiger partial charge in [0.25, 0.3) is 0 Å². The summed E-state index contributed by atoms with van der Waals surface area (Å²) in [5, 5.41) is 14.3. The van der Waals surface area contributed by atoms with Crippen molar-refractivity contribution in [2.75, 3.05) is 5.75 Å². The first kappa shape index (κ1) is 15.7. The number of thioether (sulfide) groups is 1. The molecule has 1 aromatic carbocycles. The lowest BCUT2D eigenvalue weighted by atomic mass is 10.1. The molecule has 0 fully saturated rings. The van der Waals surface area contributed by atoms with E-state index >= 15 is 0 Å². The molecule has 0 unspecified atom stereocenters. The van der Waals surface area contributed by atoms with Crippen LogP contribution in [0, 0.1) is 0 Å². The molecule has 0 saturated carbocycles. The quantitative estimate of drug-likeness (QED) is 0.694. The third-order valence-electron chi connectivity index (χ3n) is 3.14. The van der Waals surface area contributed by atoms with Gasteiger partial charge >= 0.3 is 0 Å². The van der Waals surface area contributed by atoms with Gasteiger partial charge < -0.3 is 9.88 Å². The summed E-state index contributed by atoms with van der Waals surface area (Å²) in [5.41, 5.74) is 1.01. The lowest BCUT2D eigenvalue weighted by molar-refractivity contribution is -0.119. The van der Waals surface area contributed by atoms with Gasteiger partial charge in [-0.1, -0.05) is 42.1 Å². The van der Waals surface area contributed by atoms with Crippen LogP contribution in [0.25, 0.3) is 0 Å². The van der Waals surface area contributed by atoms with E-state index in [0.29, 0.717) is 5.16 Å². The van der Waals surface area contributed by atoms with Crippen LogP contribution in [0.1, 0.15) is 16.6 Å². The van der Waals surface area contributed by atoms with Gasteiger partial charge in [0.15, 0.2) is 5.16 Å². The van der Waals surface area contributed by atoms with E-state index < -0.39 is 0 Å². The molecule has 118 valence electrons. The Balaban J connectivity index is 1.69. The third-order valence-corrected chi connectivity index (χ3v) is 5.01. The number of carbonyl (C=O) groups is 1. The van der Waals surface area contributed by atoms with E-state index in [-0.39, 0.29) is 17.7 Å². The Hall–Kier alpha value is -2.19. The van der Waals surface area contributed by atoms with Crippen LogP contribution in [0.4, 0.5) is 0 Å². The highest BCUT2D eigenvalue weighted by Gasteiger charge is 2.19. The number of amides is 1. The second kappa shape index (κ2) is 7.38. The second-order valence-electron chi connectivity index (χ2n) is 4.79. The maximum Gasteiger partial charge on any atom is 0.231 e. The minimum Gasteiger partial charge on any atom is -0.342 e. The monoisotopic (exact) mass is 345 g/mol. The maximum atomic E-state index is 12.3. The van der Waals surface area contributed by atoms with Crippen LogP contribution in [-0.4, -0.2) is 31.4 Å². The van der Waals surface area contributed by atoms with Crippen LogP contribution in [-0.2, 0) is 11.8 Å². The van der Waals surface area contributed by atoms with Gasteiger partial charge in [-0.2, -0.15) is 0 Å². The van der Waals surface area contributed by atoms with Gasteiger partial charge in [-0.05, 0) is 5.56 Å². The number of aromatic nitrogens is 4. The average molecular weight is 345 g/mol. The number of nitrogens with zero attached hydrogens (tertiary/aromatic N) is 4. The molecule has 3 aromatic rings. The van der Waals surface area contributed by atoms with Crippen LogP contribution < -0.4 is 5.32 Å². The Morgan fingerprint density at radius 2 is 2.22 bits per heavy atom. The van der Waals surface area contributed by atoms with Crippen LogP contribution in [0.3, 0.4) is 0 Å². The molecule has 1 N–H and O–H groups in total. The third kappa shape index (κ3) is 3.96. The fraction of sp³-hybridized carbons (Fsp3) is 0.200. The van der Waals surface area contributed by atoms with Gasteiger partial charge in [-0.15, -0.1) is 21.5 Å². The van der Waals surface area contributed by atoms with Crippen LogP contribution >= 0.6 is 23.1 Å². The normalized spacial score (nSPS) is 12.0. The first-order valence-corrected chi connectivity index (χ1v) is 8.81. The lowest BCUT2D eigenvalue weighted by Crippen LogP contribution is -2.30. The number of aryl methyl sites for hydroxylation is 1. The molecule has 0 saturated heterocycles. The highest BCUT2D eigenvalue weighted by Crippen LogP contribution is 2.24. The minimum absolute atomic E-state index is 0.0675. The standard InChI is InChI=1S/C15H15N5OS2/c1-20-10-17-19-15(20)23-9-12(21)18-13(14-16-7-8-22-14)11-5-3-2-4-6-11/h2-8,10,13H,9H2,1H3,(H,18,21)/t13-/m0/s1. The Labute approximate surface area is 142 Å². The molecule has 2 heterocycles. The summed E-state index contributed by atoms with van der Waals surface area (Å²) < 4.78 is 1.79. The largest absolute Gasteiger partial charge is 0.342 e. The van der Waals surface area contributed by atoms with Crippen molar-refractivity contribution in [1.29, 1.82) is 0 Å². The molecule has 0 radical (unpaired) electrons. The van der Waals surface area contributed by atoms with Gasteiger partial charge in [-0.25, -0.2) is 4.98 Å². The summed E-state index contributed by atoms with van der Waals surface area (Å²) in [6.45, 7) is 0. The Morgan fingerprint density at radius 1 is 1.39 bits per heavy atom. The van der Waals surface area contributed by atoms with E-state index in [2.05, 4.69) is 20.5 Å². The van der Waals surface area contributed by atoms with E-state index in [1.165, 1.54) is 23.1 Å². The Kier molecular flexibility index (Phi) is 5.04. The van der Waals surface area contributed by atoms with Crippen LogP contribution in [0.15, 0.2) is 53.4 Å². The van der Waals surface area contributed by atoms with Gasteiger partial charge in [0, 0.05) is 18.6 Å². The van der Waals surface area contributed by atoms with Crippen molar-refractivity contribution in [2.45, 2.75) is 11.2 Å². The summed E-state index contributed by atoms with van der Waals surface area (Å²) >= 11 is 2.88. The van der Waals surface area contributed by atoms with Crippen molar-refractivity contribution in [3.8, 4) is 0 Å². The van der Waals surface area contributed by atoms with E-state index in [0.717, 1.165) is 10.6 Å². The van der Waals surface area contributed by atoms with Crippen molar-refractivity contribution in [1.82, 2.24) is 25.1 Å². The molecule has 0 aliphatic rings. The molecule has 0 spiro atoms. The molecule has 6 nitrogen and oxygen atoms in total. The van der Waals surface area contributed by atoms with Gasteiger partial charge in [-0.3, -0.25) is 4.79 Å². The number of benzene rings is 1. The molecule has 1 atom stereocenters. The maximum absolute atomic E-state index is 12.3. The van der Waals surface area contributed by atoms with Crippen molar-refractivity contribution >= 4 is 29.0 Å². The first-order chi connectivity index (χ1) is 11.2. The molecule has 0 aliphatic carbocycles. The smallest absolute Gasteiger partial charge is 0.231 e. The highest BCUT2D eigenvalue weighted by atomic mass is 32.2. The topological polar surface area (TPSA) is 72.7 Å². The van der Waals surface area contributed by atoms with Crippen molar-refractivity contribution in [3.63, 3.8) is 0 Å². The van der Waals surface area contributed by atoms with Crippen LogP contribution in [0.2, 0.25) is 0 Å². The fourth-order valence-electron chi connectivity index (χ4n) is 2.05. The summed E-state index contributed by atoms with van der Waals surface area (Å²) in [6.07, 6.45) is 3.36. The zero-order chi connectivity index (χ0) is 16.1. The Morgan fingerprint density at radius 3 is 2.87 bits per heavy atom. The van der Waals surface area contributed by atoms with E-state index in [1.54, 1.807) is 17.1 Å². The SMILES string of the molecule is Cn1cnnc1SCC(=O)N[C@@H](c1ccccc1)c1nccs1. The van der Waals surface area contributed by atoms with E-state index in [9.17, 15) is 4.79 Å². The summed E-state index contributed by atoms with van der Waals surface area (Å²) in [6, 6.07) is 9.61. The number of rotatable bonds is 6. The number of hydrogen-bond acceptors (Lipinski definition) is 6. The second-order valence-corrected chi connectivity index (χ2v) is 6.66. The van der Waals surface area contributed by atoms with Gasteiger partial charge in [0.05, 0.1) is 5.75 Å². The van der Waals surface area contributed by atoms with Gasteiger partial charge in [0.1, 0.15) is 17.4 Å². The molecule has 23 heavy (non-hydrogen) atoms. The molecular formula is C15H15N5OS2. The molecule has 3 rings (SSSR count). The number of thiazole rings is 1. The highest BCUT2D eigenvalue weighted by molar-refractivity contribution is 7.99. The summed E-state index contributed by atoms with van der Waals surface area (Å²) in [4.78, 5) is 16.7. The number of hydrogen-bond donors (Lipinski definition) is 1. The van der Waals surface area contributed by atoms with Crippen molar-refractivity contribution < 1.29 is 4.79 Å². The number of carbonyl (C=O) groups excluding carboxylic acids is 1. The van der Waals surface area contributed by atoms with Crippen LogP contribution in [0.5, 0.6) is 0 Å². The van der Waals surface area contributed by atoms with Crippen molar-refractivity contribution in [2.24, 2.45) is 7.05 Å². The molecule has 2 aromatic heterocycles. The minimum atomic E-state index is -0.233. The molecule has 8 heteroatoms. The average Bonchev–Trinajstić information content (AvgIpc) is 3.23. The summed E-state index contributed by atoms with van der Waals surface area (Å²) in [5.74, 6) is 0.211. The zero-order valence-corrected chi connectivity index (χ0v) is 14.0. The predicted molar refractivity (Wildman–Crippen MR) is 90.3 cm³/mol. The molecular weight excluding hydrogens is 330 g/mol. The predicted octanol–water partition coefficient (Wildman–Crippen LogP) is 2.27. The van der Waals surface area contributed by atoms with E-state index in [1.807, 2.05) is 42.8 Å². The zero-order valence-electron chi connectivity index (χ0n) is 12.4. The lowest BCUT2D eigenvalue weighted by Gasteiger charge is -2.16. The van der Waals surface area contributed by atoms with E-state index in [4.69, 9.17) is 0 Å². The molecule has 0 bridgehead atoms. The fourth-order valence-corrected chi connectivity index (χ4v) is 3.46. The Bertz CT molecular complexity index is 757. The number of nitrogens with one attached hydrogen (secondary N) is 1. The molecule has 0 aliphatic heterocycles. The summed E-state index contributed by atoms with van der Waals surface area (Å²) in [7, 11) is 1.85. The molecule has 1 amide bonds. The van der Waals surface area contributed by atoms with Gasteiger partial charge in [0.2, 0.25) is 5.91 Å².